The number of nitrogens with one attached hydrogen (secondary N) is 1. The van der Waals surface area contributed by atoms with Crippen molar-refractivity contribution in [2.75, 3.05) is 25.9 Å². The third-order valence-corrected chi connectivity index (χ3v) is 5.48. The maximum Gasteiger partial charge on any atom is 0.230 e. The Morgan fingerprint density at radius 3 is 2.67 bits per heavy atom. The van der Waals surface area contributed by atoms with E-state index in [0.717, 1.165) is 42.3 Å². The number of benzene rings is 1. The molecule has 3 rings (SSSR count). The molecule has 0 aliphatic carbocycles. The second-order valence-corrected chi connectivity index (χ2v) is 7.23. The van der Waals surface area contributed by atoms with E-state index in [4.69, 9.17) is 0 Å². The molecule has 2 heterocycles. The first-order chi connectivity index (χ1) is 11.6. The number of carbonyl (C=O) groups is 1. The lowest BCUT2D eigenvalue weighted by atomic mass is 10.1. The second-order valence-electron chi connectivity index (χ2n) is 6.28. The van der Waals surface area contributed by atoms with E-state index in [0.29, 0.717) is 11.8 Å². The van der Waals surface area contributed by atoms with Gasteiger partial charge in [0.1, 0.15) is 0 Å². The van der Waals surface area contributed by atoms with Crippen LogP contribution in [0, 0.1) is 0 Å². The highest BCUT2D eigenvalue weighted by molar-refractivity contribution is 7.99. The van der Waals surface area contributed by atoms with Crippen LogP contribution in [0.1, 0.15) is 12.8 Å². The minimum atomic E-state index is 0.0961. The number of carbonyl (C=O) groups excluding carboxylic acids is 1. The SMILES string of the molecule is CN1CCC(NC(=O)CSc2ncc(-c3ccccc3)n2C)CC1. The summed E-state index contributed by atoms with van der Waals surface area (Å²) < 4.78 is 2.04. The maximum atomic E-state index is 12.2. The summed E-state index contributed by atoms with van der Waals surface area (Å²) in [5.41, 5.74) is 2.20. The number of hydrogen-bond acceptors (Lipinski definition) is 4. The van der Waals surface area contributed by atoms with E-state index in [1.165, 1.54) is 11.8 Å². The number of amides is 1. The van der Waals surface area contributed by atoms with Crippen LogP contribution in [-0.2, 0) is 11.8 Å². The van der Waals surface area contributed by atoms with Gasteiger partial charge in [0.25, 0.3) is 0 Å². The van der Waals surface area contributed by atoms with E-state index in [1.54, 1.807) is 0 Å². The number of nitrogens with zero attached hydrogens (tertiary/aromatic N) is 3. The molecule has 1 aromatic carbocycles. The lowest BCUT2D eigenvalue weighted by Crippen LogP contribution is -2.43. The van der Waals surface area contributed by atoms with Gasteiger partial charge in [-0.2, -0.15) is 0 Å². The van der Waals surface area contributed by atoms with Gasteiger partial charge in [0.15, 0.2) is 5.16 Å². The quantitative estimate of drug-likeness (QED) is 0.846. The zero-order valence-corrected chi connectivity index (χ0v) is 15.1. The molecule has 1 amide bonds. The Morgan fingerprint density at radius 1 is 1.25 bits per heavy atom. The molecule has 5 nitrogen and oxygen atoms in total. The summed E-state index contributed by atoms with van der Waals surface area (Å²) in [6, 6.07) is 10.5. The topological polar surface area (TPSA) is 50.2 Å². The number of thioether (sulfide) groups is 1. The smallest absolute Gasteiger partial charge is 0.230 e. The van der Waals surface area contributed by atoms with Crippen LogP contribution in [-0.4, -0.2) is 52.3 Å². The number of aromatic nitrogens is 2. The van der Waals surface area contributed by atoms with Gasteiger partial charge in [-0.05, 0) is 38.5 Å². The van der Waals surface area contributed by atoms with Gasteiger partial charge < -0.3 is 14.8 Å². The Kier molecular flexibility index (Phi) is 5.58. The number of imidazole rings is 1. The van der Waals surface area contributed by atoms with Crippen LogP contribution in [0.5, 0.6) is 0 Å². The van der Waals surface area contributed by atoms with Crippen molar-refractivity contribution in [1.82, 2.24) is 19.8 Å². The van der Waals surface area contributed by atoms with E-state index < -0.39 is 0 Å². The van der Waals surface area contributed by atoms with Gasteiger partial charge in [-0.1, -0.05) is 42.1 Å². The number of hydrogen-bond donors (Lipinski definition) is 1. The molecule has 24 heavy (non-hydrogen) atoms. The van der Waals surface area contributed by atoms with E-state index in [9.17, 15) is 4.79 Å². The number of likely N-dealkylation sites (tertiary alicyclic amines) is 1. The Hall–Kier alpha value is -1.79. The minimum absolute atomic E-state index is 0.0961. The van der Waals surface area contributed by atoms with Gasteiger partial charge in [0.05, 0.1) is 17.6 Å². The van der Waals surface area contributed by atoms with Crippen molar-refractivity contribution >= 4 is 17.7 Å². The average molecular weight is 344 g/mol. The molecule has 0 radical (unpaired) electrons. The Bertz CT molecular complexity index is 678. The van der Waals surface area contributed by atoms with Crippen LogP contribution >= 0.6 is 11.8 Å². The molecule has 1 aliphatic rings. The molecule has 0 spiro atoms. The summed E-state index contributed by atoms with van der Waals surface area (Å²) in [5.74, 6) is 0.504. The van der Waals surface area contributed by atoms with Crippen molar-refractivity contribution in [3.05, 3.63) is 36.5 Å². The molecule has 2 aromatic rings. The first kappa shape index (κ1) is 17.0. The summed E-state index contributed by atoms with van der Waals surface area (Å²) >= 11 is 1.49. The van der Waals surface area contributed by atoms with Crippen LogP contribution in [0.25, 0.3) is 11.3 Å². The van der Waals surface area contributed by atoms with Crippen molar-refractivity contribution in [2.45, 2.75) is 24.0 Å². The Labute approximate surface area is 147 Å². The summed E-state index contributed by atoms with van der Waals surface area (Å²) in [6.45, 7) is 2.11. The van der Waals surface area contributed by atoms with E-state index in [2.05, 4.69) is 34.4 Å². The molecular formula is C18H24N4OS. The van der Waals surface area contributed by atoms with Crippen molar-refractivity contribution in [2.24, 2.45) is 7.05 Å². The third-order valence-electron chi connectivity index (χ3n) is 4.43. The largest absolute Gasteiger partial charge is 0.353 e. The van der Waals surface area contributed by atoms with Crippen molar-refractivity contribution in [3.8, 4) is 11.3 Å². The minimum Gasteiger partial charge on any atom is -0.353 e. The first-order valence-corrected chi connectivity index (χ1v) is 9.30. The summed E-state index contributed by atoms with van der Waals surface area (Å²) in [6.07, 6.45) is 3.94. The maximum absolute atomic E-state index is 12.2. The molecule has 0 atom stereocenters. The Morgan fingerprint density at radius 2 is 1.96 bits per heavy atom. The Balaban J connectivity index is 1.53. The standard InChI is InChI=1S/C18H24N4OS/c1-21-10-8-15(9-11-21)20-17(23)13-24-18-19-12-16(22(18)2)14-6-4-3-5-7-14/h3-7,12,15H,8-11,13H2,1-2H3,(H,20,23). The van der Waals surface area contributed by atoms with Crippen molar-refractivity contribution < 1.29 is 4.79 Å². The molecule has 0 saturated carbocycles. The van der Waals surface area contributed by atoms with Gasteiger partial charge >= 0.3 is 0 Å². The molecule has 128 valence electrons. The number of piperidine rings is 1. The van der Waals surface area contributed by atoms with Crippen LogP contribution in [0.2, 0.25) is 0 Å². The second kappa shape index (κ2) is 7.85. The first-order valence-electron chi connectivity index (χ1n) is 8.31. The monoisotopic (exact) mass is 344 g/mol. The van der Waals surface area contributed by atoms with Crippen molar-refractivity contribution in [1.29, 1.82) is 0 Å². The number of rotatable bonds is 5. The highest BCUT2D eigenvalue weighted by atomic mass is 32.2. The predicted molar refractivity (Wildman–Crippen MR) is 98.0 cm³/mol. The molecule has 1 N–H and O–H groups in total. The fourth-order valence-electron chi connectivity index (χ4n) is 2.96. The lowest BCUT2D eigenvalue weighted by Gasteiger charge is -2.29. The zero-order valence-electron chi connectivity index (χ0n) is 14.2. The van der Waals surface area contributed by atoms with E-state index >= 15 is 0 Å². The fourth-order valence-corrected chi connectivity index (χ4v) is 3.72. The zero-order chi connectivity index (χ0) is 16.9. The molecule has 0 bridgehead atoms. The highest BCUT2D eigenvalue weighted by Gasteiger charge is 2.19. The van der Waals surface area contributed by atoms with Gasteiger partial charge in [-0.25, -0.2) is 4.98 Å². The third kappa shape index (κ3) is 4.19. The van der Waals surface area contributed by atoms with E-state index in [1.807, 2.05) is 36.0 Å². The summed E-state index contributed by atoms with van der Waals surface area (Å²) in [5, 5.41) is 4.01. The molecule has 6 heteroatoms. The predicted octanol–water partition coefficient (Wildman–Crippen LogP) is 2.39. The summed E-state index contributed by atoms with van der Waals surface area (Å²) in [4.78, 5) is 18.9. The molecule has 0 unspecified atom stereocenters. The van der Waals surface area contributed by atoms with Gasteiger partial charge in [-0.3, -0.25) is 4.79 Å². The lowest BCUT2D eigenvalue weighted by molar-refractivity contribution is -0.119. The molecule has 1 fully saturated rings. The van der Waals surface area contributed by atoms with Crippen LogP contribution in [0.4, 0.5) is 0 Å². The average Bonchev–Trinajstić information content (AvgIpc) is 2.97. The van der Waals surface area contributed by atoms with Crippen molar-refractivity contribution in [3.63, 3.8) is 0 Å². The molecular weight excluding hydrogens is 320 g/mol. The van der Waals surface area contributed by atoms with Gasteiger partial charge in [-0.15, -0.1) is 0 Å². The molecule has 1 aliphatic heterocycles. The fraction of sp³-hybridized carbons (Fsp3) is 0.444. The van der Waals surface area contributed by atoms with E-state index in [-0.39, 0.29) is 5.91 Å². The highest BCUT2D eigenvalue weighted by Crippen LogP contribution is 2.24. The van der Waals surface area contributed by atoms with Crippen LogP contribution in [0.3, 0.4) is 0 Å². The van der Waals surface area contributed by atoms with Crippen LogP contribution < -0.4 is 5.32 Å². The molecule has 1 aromatic heterocycles. The molecule has 1 saturated heterocycles. The summed E-state index contributed by atoms with van der Waals surface area (Å²) in [7, 11) is 4.12. The van der Waals surface area contributed by atoms with Gasteiger partial charge in [0, 0.05) is 13.1 Å². The van der Waals surface area contributed by atoms with Gasteiger partial charge in [0.2, 0.25) is 5.91 Å². The normalized spacial score (nSPS) is 16.2. The van der Waals surface area contributed by atoms with Crippen LogP contribution in [0.15, 0.2) is 41.7 Å².